The van der Waals surface area contributed by atoms with Crippen molar-refractivity contribution in [3.8, 4) is 0 Å². The molecule has 0 fully saturated rings. The Morgan fingerprint density at radius 3 is 2.38 bits per heavy atom. The van der Waals surface area contributed by atoms with Gasteiger partial charge in [0.2, 0.25) is 0 Å². The van der Waals surface area contributed by atoms with Crippen LogP contribution in [0.25, 0.3) is 0 Å². The molecular formula is C12H22O. The second-order valence-corrected chi connectivity index (χ2v) is 3.89. The molecule has 1 heteroatoms. The zero-order valence-corrected chi connectivity index (χ0v) is 9.35. The van der Waals surface area contributed by atoms with Gasteiger partial charge in [0.15, 0.2) is 0 Å². The van der Waals surface area contributed by atoms with Crippen LogP contribution in [0, 0.1) is 0 Å². The molecule has 0 saturated carbocycles. The van der Waals surface area contributed by atoms with Gasteiger partial charge in [-0.25, -0.2) is 0 Å². The summed E-state index contributed by atoms with van der Waals surface area (Å²) in [6, 6.07) is 0. The van der Waals surface area contributed by atoms with Crippen LogP contribution in [0.1, 0.15) is 53.4 Å². The number of unbranched alkanes of at least 4 members (excludes halogenated alkanes) is 1. The fraction of sp³-hybridized carbons (Fsp3) is 0.750. The van der Waals surface area contributed by atoms with Crippen molar-refractivity contribution in [2.75, 3.05) is 0 Å². The highest BCUT2D eigenvalue weighted by atomic mass is 16.3. The molecule has 0 heterocycles. The highest BCUT2D eigenvalue weighted by Crippen LogP contribution is 2.13. The van der Waals surface area contributed by atoms with Gasteiger partial charge >= 0.3 is 0 Å². The Bertz CT molecular complexity index is 191. The molecule has 0 radical (unpaired) electrons. The second-order valence-electron chi connectivity index (χ2n) is 3.89. The Morgan fingerprint density at radius 2 is 2.00 bits per heavy atom. The molecular weight excluding hydrogens is 160 g/mol. The summed E-state index contributed by atoms with van der Waals surface area (Å²) in [5.74, 6) is 0. The van der Waals surface area contributed by atoms with Gasteiger partial charge in [0, 0.05) is 6.42 Å². The van der Waals surface area contributed by atoms with Crippen molar-refractivity contribution in [2.45, 2.75) is 59.5 Å². The van der Waals surface area contributed by atoms with E-state index in [0.29, 0.717) is 0 Å². The van der Waals surface area contributed by atoms with Crippen molar-refractivity contribution in [2.24, 2.45) is 0 Å². The van der Waals surface area contributed by atoms with E-state index < -0.39 is 0 Å². The summed E-state index contributed by atoms with van der Waals surface area (Å²) in [6.07, 6.45) is 4.01. The fourth-order valence-electron chi connectivity index (χ4n) is 1.32. The lowest BCUT2D eigenvalue weighted by molar-refractivity contribution is 0.194. The predicted octanol–water partition coefficient (Wildman–Crippen LogP) is 3.44. The van der Waals surface area contributed by atoms with Crippen LogP contribution in [-0.4, -0.2) is 11.2 Å². The Balaban J connectivity index is 4.29. The fourth-order valence-corrected chi connectivity index (χ4v) is 1.32. The molecule has 1 nitrogen and oxygen atoms in total. The van der Waals surface area contributed by atoms with Gasteiger partial charge in [0.25, 0.3) is 0 Å². The molecule has 13 heavy (non-hydrogen) atoms. The van der Waals surface area contributed by atoms with E-state index in [2.05, 4.69) is 12.7 Å². The SMILES string of the molecule is CCCCC(=C=C(C)C)CC(C)O. The minimum absolute atomic E-state index is 0.237. The molecule has 0 bridgehead atoms. The van der Waals surface area contributed by atoms with Gasteiger partial charge in [-0.2, -0.15) is 0 Å². The van der Waals surface area contributed by atoms with Crippen LogP contribution in [-0.2, 0) is 0 Å². The molecule has 0 amide bonds. The topological polar surface area (TPSA) is 20.2 Å². The predicted molar refractivity (Wildman–Crippen MR) is 57.7 cm³/mol. The van der Waals surface area contributed by atoms with Crippen molar-refractivity contribution in [3.05, 3.63) is 16.9 Å². The normalized spacial score (nSPS) is 12.1. The summed E-state index contributed by atoms with van der Waals surface area (Å²) < 4.78 is 0. The average Bonchev–Trinajstić information content (AvgIpc) is 1.98. The standard InChI is InChI=1S/C12H22O/c1-5-6-7-12(8-10(2)3)9-11(4)13/h11,13H,5-7,9H2,1-4H3. The monoisotopic (exact) mass is 182 g/mol. The van der Waals surface area contributed by atoms with Gasteiger partial charge in [-0.15, -0.1) is 5.73 Å². The van der Waals surface area contributed by atoms with Gasteiger partial charge in [-0.1, -0.05) is 13.3 Å². The Labute approximate surface area is 82.2 Å². The quantitative estimate of drug-likeness (QED) is 0.646. The second kappa shape index (κ2) is 6.94. The maximum Gasteiger partial charge on any atom is 0.0555 e. The molecule has 0 aliphatic carbocycles. The molecule has 76 valence electrons. The highest BCUT2D eigenvalue weighted by Gasteiger charge is 2.01. The van der Waals surface area contributed by atoms with Crippen LogP contribution >= 0.6 is 0 Å². The summed E-state index contributed by atoms with van der Waals surface area (Å²) in [7, 11) is 0. The molecule has 0 aliphatic heterocycles. The average molecular weight is 182 g/mol. The van der Waals surface area contributed by atoms with E-state index >= 15 is 0 Å². The van der Waals surface area contributed by atoms with Crippen molar-refractivity contribution < 1.29 is 5.11 Å². The highest BCUT2D eigenvalue weighted by molar-refractivity contribution is 5.07. The van der Waals surface area contributed by atoms with Crippen molar-refractivity contribution >= 4 is 0 Å². The van der Waals surface area contributed by atoms with Crippen molar-refractivity contribution in [1.29, 1.82) is 0 Å². The van der Waals surface area contributed by atoms with Crippen LogP contribution < -0.4 is 0 Å². The third kappa shape index (κ3) is 7.83. The van der Waals surface area contributed by atoms with E-state index in [0.717, 1.165) is 12.8 Å². The Hall–Kier alpha value is -0.520. The van der Waals surface area contributed by atoms with Crippen LogP contribution in [0.4, 0.5) is 0 Å². The number of hydrogen-bond acceptors (Lipinski definition) is 1. The van der Waals surface area contributed by atoms with E-state index in [1.54, 1.807) is 0 Å². The number of aliphatic hydroxyl groups excluding tert-OH is 1. The van der Waals surface area contributed by atoms with Crippen LogP contribution in [0.15, 0.2) is 16.9 Å². The molecule has 0 rings (SSSR count). The first-order valence-corrected chi connectivity index (χ1v) is 5.16. The zero-order valence-electron chi connectivity index (χ0n) is 9.35. The minimum Gasteiger partial charge on any atom is -0.393 e. The summed E-state index contributed by atoms with van der Waals surface area (Å²) >= 11 is 0. The summed E-state index contributed by atoms with van der Waals surface area (Å²) in [5.41, 5.74) is 5.78. The van der Waals surface area contributed by atoms with Gasteiger partial charge in [0.1, 0.15) is 0 Å². The number of rotatable bonds is 5. The van der Waals surface area contributed by atoms with Gasteiger partial charge in [-0.05, 0) is 44.8 Å². The lowest BCUT2D eigenvalue weighted by Gasteiger charge is -2.06. The molecule has 0 aliphatic rings. The van der Waals surface area contributed by atoms with Crippen molar-refractivity contribution in [3.63, 3.8) is 0 Å². The van der Waals surface area contributed by atoms with Crippen molar-refractivity contribution in [1.82, 2.24) is 0 Å². The third-order valence-corrected chi connectivity index (χ3v) is 1.80. The molecule has 1 N–H and O–H groups in total. The summed E-state index contributed by atoms with van der Waals surface area (Å²) in [5, 5.41) is 9.26. The smallest absolute Gasteiger partial charge is 0.0555 e. The van der Waals surface area contributed by atoms with Crippen LogP contribution in [0.3, 0.4) is 0 Å². The molecule has 0 aromatic heterocycles. The minimum atomic E-state index is -0.237. The van der Waals surface area contributed by atoms with Gasteiger partial charge in [0.05, 0.1) is 6.10 Å². The Kier molecular flexibility index (Phi) is 6.66. The maximum atomic E-state index is 9.26. The van der Waals surface area contributed by atoms with E-state index in [4.69, 9.17) is 0 Å². The first kappa shape index (κ1) is 12.5. The summed E-state index contributed by atoms with van der Waals surface area (Å²) in [6.45, 7) is 8.11. The summed E-state index contributed by atoms with van der Waals surface area (Å²) in [4.78, 5) is 0. The lowest BCUT2D eigenvalue weighted by Crippen LogP contribution is -2.01. The van der Waals surface area contributed by atoms with E-state index in [1.807, 2.05) is 20.8 Å². The van der Waals surface area contributed by atoms with E-state index in [1.165, 1.54) is 24.0 Å². The first-order chi connectivity index (χ1) is 6.06. The van der Waals surface area contributed by atoms with Crippen LogP contribution in [0.5, 0.6) is 0 Å². The lowest BCUT2D eigenvalue weighted by atomic mass is 10.0. The molecule has 1 unspecified atom stereocenters. The molecule has 1 atom stereocenters. The largest absolute Gasteiger partial charge is 0.393 e. The maximum absolute atomic E-state index is 9.26. The first-order valence-electron chi connectivity index (χ1n) is 5.16. The number of hydrogen-bond donors (Lipinski definition) is 1. The van der Waals surface area contributed by atoms with Gasteiger partial charge < -0.3 is 5.11 Å². The molecule has 0 aromatic carbocycles. The molecule has 0 aromatic rings. The molecule has 0 spiro atoms. The number of aliphatic hydroxyl groups is 1. The van der Waals surface area contributed by atoms with Gasteiger partial charge in [-0.3, -0.25) is 0 Å². The third-order valence-electron chi connectivity index (χ3n) is 1.80. The van der Waals surface area contributed by atoms with E-state index in [-0.39, 0.29) is 6.10 Å². The zero-order chi connectivity index (χ0) is 10.3. The van der Waals surface area contributed by atoms with E-state index in [9.17, 15) is 5.11 Å². The van der Waals surface area contributed by atoms with Crippen LogP contribution in [0.2, 0.25) is 0 Å². The Morgan fingerprint density at radius 1 is 1.38 bits per heavy atom. The molecule has 0 saturated heterocycles.